The van der Waals surface area contributed by atoms with Gasteiger partial charge < -0.3 is 9.64 Å². The number of carbonyl (C=O) groups excluding carboxylic acids is 1. The highest BCUT2D eigenvalue weighted by molar-refractivity contribution is 7.91. The molecule has 0 aliphatic heterocycles. The van der Waals surface area contributed by atoms with Gasteiger partial charge in [0.15, 0.2) is 5.03 Å². The van der Waals surface area contributed by atoms with Crippen LogP contribution in [0, 0.1) is 23.0 Å². The maximum atomic E-state index is 14.6. The largest absolute Gasteiger partial charge is 0.444 e. The van der Waals surface area contributed by atoms with Crippen molar-refractivity contribution in [1.29, 1.82) is 5.26 Å². The van der Waals surface area contributed by atoms with E-state index in [1.165, 1.54) is 42.3 Å². The van der Waals surface area contributed by atoms with Gasteiger partial charge in [-0.25, -0.2) is 26.7 Å². The molecule has 178 valence electrons. The van der Waals surface area contributed by atoms with Crippen molar-refractivity contribution in [2.24, 2.45) is 0 Å². The van der Waals surface area contributed by atoms with Crippen molar-refractivity contribution in [2.45, 2.75) is 42.8 Å². The fourth-order valence-corrected chi connectivity index (χ4v) is 4.44. The molecule has 0 radical (unpaired) electrons. The Hall–Kier alpha value is -3.78. The van der Waals surface area contributed by atoms with Gasteiger partial charge in [-0.1, -0.05) is 6.07 Å². The lowest BCUT2D eigenvalue weighted by Crippen LogP contribution is -2.33. The van der Waals surface area contributed by atoms with Crippen LogP contribution in [0.15, 0.2) is 58.5 Å². The van der Waals surface area contributed by atoms with Crippen LogP contribution >= 0.6 is 0 Å². The molecule has 0 saturated carbocycles. The maximum absolute atomic E-state index is 14.6. The summed E-state index contributed by atoms with van der Waals surface area (Å²) in [5.74, 6) is -1.70. The number of hydrogen-bond acceptors (Lipinski definition) is 6. The fraction of sp³-hybridized carbons (Fsp3) is 0.261. The van der Waals surface area contributed by atoms with Crippen molar-refractivity contribution in [3.63, 3.8) is 0 Å². The summed E-state index contributed by atoms with van der Waals surface area (Å²) in [5.41, 5.74) is -0.988. The standard InChI is InChI=1S/C23H22F2N4O4S/c1-23(2,3)33-22(30)28(4)14-17-12-21(29(27-17)20-11-16(24)8-9-19(20)25)34(31,32)18-7-5-6-15(10-18)13-26/h5-12H,14H2,1-4H3. The van der Waals surface area contributed by atoms with E-state index >= 15 is 0 Å². The number of ether oxygens (including phenoxy) is 1. The number of aromatic nitrogens is 2. The minimum absolute atomic E-state index is 0.0898. The molecule has 8 nitrogen and oxygen atoms in total. The zero-order valence-electron chi connectivity index (χ0n) is 18.9. The molecule has 0 aliphatic carbocycles. The third-order valence-corrected chi connectivity index (χ3v) is 6.23. The molecule has 1 aromatic heterocycles. The van der Waals surface area contributed by atoms with Gasteiger partial charge in [-0.2, -0.15) is 10.4 Å². The molecule has 1 heterocycles. The monoisotopic (exact) mass is 488 g/mol. The van der Waals surface area contributed by atoms with Crippen LogP contribution in [0.2, 0.25) is 0 Å². The maximum Gasteiger partial charge on any atom is 0.410 e. The normalized spacial score (nSPS) is 11.7. The summed E-state index contributed by atoms with van der Waals surface area (Å²) in [5, 5.41) is 12.8. The second kappa shape index (κ2) is 9.23. The number of hydrogen-bond donors (Lipinski definition) is 0. The van der Waals surface area contributed by atoms with E-state index in [1.54, 1.807) is 20.8 Å². The van der Waals surface area contributed by atoms with Gasteiger partial charge in [0.2, 0.25) is 9.84 Å². The van der Waals surface area contributed by atoms with Crippen LogP contribution in [-0.4, -0.2) is 41.8 Å². The highest BCUT2D eigenvalue weighted by Crippen LogP contribution is 2.27. The third kappa shape index (κ3) is 5.40. The number of nitriles is 1. The van der Waals surface area contributed by atoms with Crippen molar-refractivity contribution < 1.29 is 26.7 Å². The van der Waals surface area contributed by atoms with E-state index in [0.717, 1.165) is 22.9 Å². The molecule has 0 atom stereocenters. The Morgan fingerprint density at radius 2 is 1.88 bits per heavy atom. The Labute approximate surface area is 195 Å². The molecule has 0 bridgehead atoms. The molecule has 3 rings (SSSR count). The zero-order chi connectivity index (χ0) is 25.3. The van der Waals surface area contributed by atoms with Gasteiger partial charge >= 0.3 is 6.09 Å². The van der Waals surface area contributed by atoms with Gasteiger partial charge in [-0.3, -0.25) is 0 Å². The van der Waals surface area contributed by atoms with Crippen molar-refractivity contribution in [1.82, 2.24) is 14.7 Å². The molecule has 2 aromatic carbocycles. The molecule has 34 heavy (non-hydrogen) atoms. The summed E-state index contributed by atoms with van der Waals surface area (Å²) in [6.45, 7) is 4.92. The van der Waals surface area contributed by atoms with Gasteiger partial charge in [0.1, 0.15) is 22.9 Å². The van der Waals surface area contributed by atoms with Crippen LogP contribution in [0.4, 0.5) is 13.6 Å². The van der Waals surface area contributed by atoms with E-state index in [9.17, 15) is 22.0 Å². The second-order valence-electron chi connectivity index (χ2n) is 8.46. The number of amides is 1. The van der Waals surface area contributed by atoms with Crippen LogP contribution in [0.1, 0.15) is 32.0 Å². The minimum Gasteiger partial charge on any atom is -0.444 e. The van der Waals surface area contributed by atoms with E-state index in [4.69, 9.17) is 10.00 Å². The van der Waals surface area contributed by atoms with E-state index in [2.05, 4.69) is 5.10 Å². The smallest absolute Gasteiger partial charge is 0.410 e. The number of sulfone groups is 1. The summed E-state index contributed by atoms with van der Waals surface area (Å²) in [6, 6.07) is 10.9. The predicted octanol–water partition coefficient (Wildman–Crippen LogP) is 4.22. The van der Waals surface area contributed by atoms with E-state index in [0.29, 0.717) is 0 Å². The van der Waals surface area contributed by atoms with Gasteiger partial charge in [0.05, 0.1) is 28.8 Å². The first-order valence-corrected chi connectivity index (χ1v) is 11.5. The van der Waals surface area contributed by atoms with Crippen molar-refractivity contribution in [2.75, 3.05) is 7.05 Å². The quantitative estimate of drug-likeness (QED) is 0.532. The molecular weight excluding hydrogens is 466 g/mol. The number of benzene rings is 2. The lowest BCUT2D eigenvalue weighted by Gasteiger charge is -2.24. The Balaban J connectivity index is 2.13. The second-order valence-corrected chi connectivity index (χ2v) is 10.4. The van der Waals surface area contributed by atoms with Crippen molar-refractivity contribution in [3.8, 4) is 11.8 Å². The number of rotatable bonds is 5. The van der Waals surface area contributed by atoms with Gasteiger partial charge in [0.25, 0.3) is 0 Å². The van der Waals surface area contributed by atoms with Crippen LogP contribution < -0.4 is 0 Å². The predicted molar refractivity (Wildman–Crippen MR) is 118 cm³/mol. The topological polar surface area (TPSA) is 105 Å². The van der Waals surface area contributed by atoms with Crippen molar-refractivity contribution in [3.05, 3.63) is 71.4 Å². The first-order chi connectivity index (χ1) is 15.8. The Bertz CT molecular complexity index is 1390. The van der Waals surface area contributed by atoms with E-state index in [1.807, 2.05) is 6.07 Å². The molecule has 0 unspecified atom stereocenters. The summed E-state index contributed by atoms with van der Waals surface area (Å²) in [7, 11) is -2.89. The molecule has 11 heteroatoms. The summed E-state index contributed by atoms with van der Waals surface area (Å²) in [4.78, 5) is 13.3. The van der Waals surface area contributed by atoms with E-state index in [-0.39, 0.29) is 22.7 Å². The van der Waals surface area contributed by atoms with Crippen LogP contribution in [0.25, 0.3) is 5.69 Å². The first kappa shape index (κ1) is 24.9. The van der Waals surface area contributed by atoms with Gasteiger partial charge in [-0.15, -0.1) is 0 Å². The van der Waals surface area contributed by atoms with Crippen LogP contribution in [0.5, 0.6) is 0 Å². The molecular formula is C23H22F2N4O4S. The van der Waals surface area contributed by atoms with Crippen LogP contribution in [0.3, 0.4) is 0 Å². The molecule has 0 saturated heterocycles. The van der Waals surface area contributed by atoms with Crippen LogP contribution in [-0.2, 0) is 21.1 Å². The summed E-state index contributed by atoms with van der Waals surface area (Å²) < 4.78 is 61.4. The Morgan fingerprint density at radius 1 is 1.18 bits per heavy atom. The van der Waals surface area contributed by atoms with E-state index < -0.39 is 43.9 Å². The first-order valence-electron chi connectivity index (χ1n) is 10.1. The van der Waals surface area contributed by atoms with Gasteiger partial charge in [0, 0.05) is 19.2 Å². The fourth-order valence-electron chi connectivity index (χ4n) is 3.00. The van der Waals surface area contributed by atoms with Crippen molar-refractivity contribution >= 4 is 15.9 Å². The highest BCUT2D eigenvalue weighted by atomic mass is 32.2. The number of carbonyl (C=O) groups is 1. The summed E-state index contributed by atoms with van der Waals surface area (Å²) >= 11 is 0. The zero-order valence-corrected chi connectivity index (χ0v) is 19.7. The molecule has 0 spiro atoms. The molecule has 1 amide bonds. The lowest BCUT2D eigenvalue weighted by molar-refractivity contribution is 0.0283. The highest BCUT2D eigenvalue weighted by Gasteiger charge is 2.28. The molecule has 3 aromatic rings. The molecule has 0 fully saturated rings. The average Bonchev–Trinajstić information content (AvgIpc) is 3.18. The average molecular weight is 489 g/mol. The SMILES string of the molecule is CN(Cc1cc(S(=O)(=O)c2cccc(C#N)c2)n(-c2cc(F)ccc2F)n1)C(=O)OC(C)(C)C. The number of halogens is 2. The van der Waals surface area contributed by atoms with Gasteiger partial charge in [-0.05, 0) is 51.1 Å². The number of nitrogens with zero attached hydrogens (tertiary/aromatic N) is 4. The lowest BCUT2D eigenvalue weighted by atomic mass is 10.2. The summed E-state index contributed by atoms with van der Waals surface area (Å²) in [6.07, 6.45) is -0.676. The Kier molecular flexibility index (Phi) is 6.74. The molecule has 0 N–H and O–H groups in total. The Morgan fingerprint density at radius 3 is 2.53 bits per heavy atom. The molecule has 0 aliphatic rings. The third-order valence-electron chi connectivity index (χ3n) is 4.52. The minimum atomic E-state index is -4.32.